The Labute approximate surface area is 151 Å². The zero-order valence-electron chi connectivity index (χ0n) is 13.9. The van der Waals surface area contributed by atoms with Crippen molar-refractivity contribution in [1.29, 1.82) is 0 Å². The van der Waals surface area contributed by atoms with Crippen LogP contribution in [0.2, 0.25) is 5.02 Å². The molecule has 3 aromatic rings. The van der Waals surface area contributed by atoms with E-state index in [1.165, 1.54) is 0 Å². The van der Waals surface area contributed by atoms with Crippen LogP contribution in [-0.4, -0.2) is 21.7 Å². The monoisotopic (exact) mass is 352 g/mol. The molecule has 2 heterocycles. The topological polar surface area (TPSA) is 59.3 Å². The minimum atomic E-state index is -0.279. The second kappa shape index (κ2) is 7.32. The van der Waals surface area contributed by atoms with Crippen LogP contribution >= 0.6 is 11.6 Å². The molecule has 0 saturated heterocycles. The summed E-state index contributed by atoms with van der Waals surface area (Å²) in [5.74, 6) is -0.279. The number of hydrazone groups is 1. The van der Waals surface area contributed by atoms with Gasteiger partial charge in [0.2, 0.25) is 0 Å². The Morgan fingerprint density at radius 2 is 1.92 bits per heavy atom. The molecular formula is C19H17ClN4O. The molecule has 1 N–H and O–H groups in total. The molecule has 0 bridgehead atoms. The Bertz CT molecular complexity index is 932. The van der Waals surface area contributed by atoms with Crippen molar-refractivity contribution in [2.75, 3.05) is 0 Å². The van der Waals surface area contributed by atoms with Crippen LogP contribution in [-0.2, 0) is 0 Å². The first-order valence-corrected chi connectivity index (χ1v) is 8.13. The summed E-state index contributed by atoms with van der Waals surface area (Å²) >= 11 is 6.31. The number of benzene rings is 1. The minimum absolute atomic E-state index is 0.279. The van der Waals surface area contributed by atoms with Crippen LogP contribution in [0.15, 0.2) is 60.0 Å². The predicted molar refractivity (Wildman–Crippen MR) is 99.6 cm³/mol. The van der Waals surface area contributed by atoms with Crippen LogP contribution < -0.4 is 5.43 Å². The molecular weight excluding hydrogens is 336 g/mol. The van der Waals surface area contributed by atoms with Crippen molar-refractivity contribution in [2.24, 2.45) is 5.10 Å². The molecule has 0 aliphatic carbocycles. The van der Waals surface area contributed by atoms with E-state index in [9.17, 15) is 4.79 Å². The summed E-state index contributed by atoms with van der Waals surface area (Å²) in [6.45, 7) is 3.99. The van der Waals surface area contributed by atoms with E-state index in [4.69, 9.17) is 11.6 Å². The second-order valence-electron chi connectivity index (χ2n) is 5.55. The number of hydrogen-bond donors (Lipinski definition) is 1. The molecule has 1 amide bonds. The maximum Gasteiger partial charge on any atom is 0.271 e. The lowest BCUT2D eigenvalue weighted by atomic mass is 10.2. The summed E-state index contributed by atoms with van der Waals surface area (Å²) in [4.78, 5) is 15.9. The third-order valence-electron chi connectivity index (χ3n) is 3.88. The van der Waals surface area contributed by atoms with E-state index in [2.05, 4.69) is 20.1 Å². The Kier molecular flexibility index (Phi) is 4.95. The predicted octanol–water partition coefficient (Wildman–Crippen LogP) is 3.91. The third-order valence-corrected chi connectivity index (χ3v) is 4.20. The van der Waals surface area contributed by atoms with Gasteiger partial charge in [0, 0.05) is 34.9 Å². The number of aromatic nitrogens is 2. The van der Waals surface area contributed by atoms with E-state index in [1.54, 1.807) is 30.7 Å². The van der Waals surface area contributed by atoms with Crippen LogP contribution in [0.25, 0.3) is 5.69 Å². The van der Waals surface area contributed by atoms with E-state index in [-0.39, 0.29) is 5.91 Å². The molecule has 0 fully saturated rings. The number of nitrogens with one attached hydrogen (secondary N) is 1. The number of carbonyl (C=O) groups excluding carboxylic acids is 1. The number of hydrogen-bond acceptors (Lipinski definition) is 3. The average molecular weight is 353 g/mol. The summed E-state index contributed by atoms with van der Waals surface area (Å²) in [5, 5.41) is 4.74. The zero-order valence-corrected chi connectivity index (χ0v) is 14.7. The molecule has 5 nitrogen and oxygen atoms in total. The molecule has 0 unspecified atom stereocenters. The molecule has 0 saturated carbocycles. The van der Waals surface area contributed by atoms with Crippen LogP contribution in [0.4, 0.5) is 0 Å². The first-order valence-electron chi connectivity index (χ1n) is 7.75. The maximum absolute atomic E-state index is 12.0. The third kappa shape index (κ3) is 3.61. The fourth-order valence-electron chi connectivity index (χ4n) is 2.65. The Hall–Kier alpha value is -2.92. The second-order valence-corrected chi connectivity index (χ2v) is 5.96. The van der Waals surface area contributed by atoms with Gasteiger partial charge in [-0.15, -0.1) is 0 Å². The standard InChI is InChI=1S/C19H17ClN4O/c1-13-11-16(12-22-23-19(25)15-7-9-21-10-8-15)14(2)24(13)18-6-4-3-5-17(18)20/h3-12H,1-2H3,(H,23,25)/b22-12-. The van der Waals surface area contributed by atoms with Crippen LogP contribution in [0.3, 0.4) is 0 Å². The molecule has 0 aliphatic rings. The van der Waals surface area contributed by atoms with E-state index in [0.29, 0.717) is 10.6 Å². The number of halogens is 1. The van der Waals surface area contributed by atoms with Gasteiger partial charge in [0.05, 0.1) is 16.9 Å². The Balaban J connectivity index is 1.82. The fourth-order valence-corrected chi connectivity index (χ4v) is 2.87. The largest absolute Gasteiger partial charge is 0.316 e. The minimum Gasteiger partial charge on any atom is -0.316 e. The summed E-state index contributed by atoms with van der Waals surface area (Å²) in [6.07, 6.45) is 4.76. The zero-order chi connectivity index (χ0) is 17.8. The highest BCUT2D eigenvalue weighted by Crippen LogP contribution is 2.25. The van der Waals surface area contributed by atoms with Crippen molar-refractivity contribution < 1.29 is 4.79 Å². The lowest BCUT2D eigenvalue weighted by molar-refractivity contribution is 0.0955. The summed E-state index contributed by atoms with van der Waals surface area (Å²) in [7, 11) is 0. The van der Waals surface area contributed by atoms with Crippen molar-refractivity contribution in [3.05, 3.63) is 82.4 Å². The molecule has 126 valence electrons. The summed E-state index contributed by atoms with van der Waals surface area (Å²) in [6, 6.07) is 12.9. The number of aryl methyl sites for hydroxylation is 1. The van der Waals surface area contributed by atoms with Crippen molar-refractivity contribution >= 4 is 23.7 Å². The van der Waals surface area contributed by atoms with Crippen molar-refractivity contribution in [3.8, 4) is 5.69 Å². The number of pyridine rings is 1. The van der Waals surface area contributed by atoms with Gasteiger partial charge in [0.25, 0.3) is 5.91 Å². The molecule has 2 aromatic heterocycles. The van der Waals surface area contributed by atoms with Gasteiger partial charge in [-0.2, -0.15) is 5.10 Å². The highest BCUT2D eigenvalue weighted by molar-refractivity contribution is 6.32. The van der Waals surface area contributed by atoms with Crippen LogP contribution in [0.5, 0.6) is 0 Å². The average Bonchev–Trinajstić information content (AvgIpc) is 2.90. The number of amides is 1. The van der Waals surface area contributed by atoms with Crippen molar-refractivity contribution in [1.82, 2.24) is 15.0 Å². The lowest BCUT2D eigenvalue weighted by Gasteiger charge is -2.11. The molecule has 1 aromatic carbocycles. The molecule has 0 atom stereocenters. The van der Waals surface area contributed by atoms with Gasteiger partial charge in [-0.05, 0) is 44.2 Å². The first-order chi connectivity index (χ1) is 12.1. The van der Waals surface area contributed by atoms with E-state index in [0.717, 1.165) is 22.6 Å². The number of rotatable bonds is 4. The van der Waals surface area contributed by atoms with Gasteiger partial charge < -0.3 is 4.57 Å². The van der Waals surface area contributed by atoms with E-state index in [1.807, 2.05) is 44.2 Å². The fraction of sp³-hybridized carbons (Fsp3) is 0.105. The number of para-hydroxylation sites is 1. The van der Waals surface area contributed by atoms with Gasteiger partial charge in [-0.3, -0.25) is 9.78 Å². The van der Waals surface area contributed by atoms with E-state index < -0.39 is 0 Å². The molecule has 0 radical (unpaired) electrons. The SMILES string of the molecule is Cc1cc(/C=N\NC(=O)c2ccncc2)c(C)n1-c1ccccc1Cl. The molecule has 0 spiro atoms. The lowest BCUT2D eigenvalue weighted by Crippen LogP contribution is -2.17. The van der Waals surface area contributed by atoms with Crippen molar-refractivity contribution in [2.45, 2.75) is 13.8 Å². The quantitative estimate of drug-likeness (QED) is 0.571. The maximum atomic E-state index is 12.0. The number of carbonyl (C=O) groups is 1. The highest BCUT2D eigenvalue weighted by atomic mass is 35.5. The number of nitrogens with zero attached hydrogens (tertiary/aromatic N) is 3. The van der Waals surface area contributed by atoms with Gasteiger partial charge in [-0.25, -0.2) is 5.43 Å². The molecule has 25 heavy (non-hydrogen) atoms. The molecule has 0 aliphatic heterocycles. The highest BCUT2D eigenvalue weighted by Gasteiger charge is 2.11. The van der Waals surface area contributed by atoms with Gasteiger partial charge in [0.15, 0.2) is 0 Å². The summed E-state index contributed by atoms with van der Waals surface area (Å²) < 4.78 is 2.06. The smallest absolute Gasteiger partial charge is 0.271 e. The molecule has 3 rings (SSSR count). The van der Waals surface area contributed by atoms with Crippen LogP contribution in [0.1, 0.15) is 27.3 Å². The van der Waals surface area contributed by atoms with Crippen LogP contribution in [0, 0.1) is 13.8 Å². The van der Waals surface area contributed by atoms with Gasteiger partial charge in [-0.1, -0.05) is 23.7 Å². The van der Waals surface area contributed by atoms with Crippen molar-refractivity contribution in [3.63, 3.8) is 0 Å². The Morgan fingerprint density at radius 3 is 2.64 bits per heavy atom. The normalized spacial score (nSPS) is 11.0. The summed E-state index contributed by atoms with van der Waals surface area (Å²) in [5.41, 5.74) is 6.88. The Morgan fingerprint density at radius 1 is 1.20 bits per heavy atom. The molecule has 6 heteroatoms. The van der Waals surface area contributed by atoms with Gasteiger partial charge in [0.1, 0.15) is 0 Å². The van der Waals surface area contributed by atoms with Gasteiger partial charge >= 0.3 is 0 Å². The first kappa shape index (κ1) is 16.9. The van der Waals surface area contributed by atoms with E-state index >= 15 is 0 Å².